The van der Waals surface area contributed by atoms with Crippen LogP contribution in [0, 0.1) is 11.3 Å². The van der Waals surface area contributed by atoms with Crippen LogP contribution in [0.3, 0.4) is 0 Å². The van der Waals surface area contributed by atoms with Gasteiger partial charge >= 0.3 is 0 Å². The van der Waals surface area contributed by atoms with Crippen molar-refractivity contribution in [3.8, 4) is 0 Å². The molecule has 0 aromatic heterocycles. The Balaban J connectivity index is 1.90. The van der Waals surface area contributed by atoms with Crippen molar-refractivity contribution in [1.82, 2.24) is 5.12 Å². The summed E-state index contributed by atoms with van der Waals surface area (Å²) in [6.45, 7) is 3.69. The standard InChI is InChI=1S/C11H20FN/c1-10-2-4-11(5-3-10)6-8-13(12)9-7-11/h10H,2-9H2,1H3. The summed E-state index contributed by atoms with van der Waals surface area (Å²) in [4.78, 5) is 0. The van der Waals surface area contributed by atoms with Crippen LogP contribution in [0.4, 0.5) is 4.48 Å². The first-order valence-corrected chi connectivity index (χ1v) is 5.61. The molecule has 2 aliphatic rings. The molecule has 2 rings (SSSR count). The van der Waals surface area contributed by atoms with Crippen LogP contribution >= 0.6 is 0 Å². The summed E-state index contributed by atoms with van der Waals surface area (Å²) >= 11 is 0. The van der Waals surface area contributed by atoms with Crippen molar-refractivity contribution in [3.63, 3.8) is 0 Å². The summed E-state index contributed by atoms with van der Waals surface area (Å²) < 4.78 is 12.8. The molecule has 1 aliphatic heterocycles. The summed E-state index contributed by atoms with van der Waals surface area (Å²) in [7, 11) is 0. The first-order valence-electron chi connectivity index (χ1n) is 5.61. The summed E-state index contributed by atoms with van der Waals surface area (Å²) in [5.74, 6) is 0.911. The Hall–Kier alpha value is -0.110. The lowest BCUT2D eigenvalue weighted by molar-refractivity contribution is -0.0494. The maximum Gasteiger partial charge on any atom is 0.0295 e. The third-order valence-electron chi connectivity index (χ3n) is 4.10. The summed E-state index contributed by atoms with van der Waals surface area (Å²) in [6, 6.07) is 0. The quantitative estimate of drug-likeness (QED) is 0.524. The Morgan fingerprint density at radius 3 is 2.15 bits per heavy atom. The number of piperidine rings is 1. The van der Waals surface area contributed by atoms with Gasteiger partial charge in [0.25, 0.3) is 0 Å². The summed E-state index contributed by atoms with van der Waals surface area (Å²) in [5.41, 5.74) is 0.537. The average Bonchev–Trinajstić information content (AvgIpc) is 2.16. The lowest BCUT2D eigenvalue weighted by Gasteiger charge is -2.43. The van der Waals surface area contributed by atoms with Gasteiger partial charge in [-0.15, -0.1) is 9.60 Å². The molecule has 0 amide bonds. The highest BCUT2D eigenvalue weighted by atomic mass is 19.2. The fourth-order valence-corrected chi connectivity index (χ4v) is 2.83. The van der Waals surface area contributed by atoms with Crippen molar-refractivity contribution in [2.75, 3.05) is 13.1 Å². The van der Waals surface area contributed by atoms with E-state index in [2.05, 4.69) is 6.92 Å². The molecule has 0 atom stereocenters. The molecule has 0 aromatic rings. The van der Waals surface area contributed by atoms with Crippen LogP contribution in [0.15, 0.2) is 0 Å². The Kier molecular flexibility index (Phi) is 2.59. The predicted octanol–water partition coefficient (Wildman–Crippen LogP) is 3.16. The van der Waals surface area contributed by atoms with Crippen LogP contribution in [-0.2, 0) is 0 Å². The van der Waals surface area contributed by atoms with E-state index >= 15 is 0 Å². The Labute approximate surface area is 80.2 Å². The molecule has 0 bridgehead atoms. The van der Waals surface area contributed by atoms with Gasteiger partial charge in [0.1, 0.15) is 0 Å². The second kappa shape index (κ2) is 3.56. The number of halogens is 1. The second-order valence-electron chi connectivity index (χ2n) is 5.09. The molecule has 2 heteroatoms. The first kappa shape index (κ1) is 9.45. The molecule has 1 spiro atoms. The number of rotatable bonds is 0. The van der Waals surface area contributed by atoms with Crippen molar-refractivity contribution < 1.29 is 4.48 Å². The minimum absolute atomic E-state index is 0.537. The smallest absolute Gasteiger partial charge is 0.0295 e. The van der Waals surface area contributed by atoms with E-state index in [1.54, 1.807) is 0 Å². The third kappa shape index (κ3) is 2.04. The van der Waals surface area contributed by atoms with Crippen molar-refractivity contribution in [3.05, 3.63) is 0 Å². The van der Waals surface area contributed by atoms with Crippen molar-refractivity contribution in [2.45, 2.75) is 45.4 Å². The Morgan fingerprint density at radius 1 is 1.08 bits per heavy atom. The van der Waals surface area contributed by atoms with Gasteiger partial charge in [0.15, 0.2) is 0 Å². The van der Waals surface area contributed by atoms with Crippen LogP contribution in [-0.4, -0.2) is 18.2 Å². The van der Waals surface area contributed by atoms with Gasteiger partial charge in [-0.05, 0) is 37.0 Å². The van der Waals surface area contributed by atoms with Gasteiger partial charge in [-0.2, -0.15) is 0 Å². The molecule has 2 fully saturated rings. The molecule has 1 heterocycles. The number of nitrogens with zero attached hydrogens (tertiary/aromatic N) is 1. The minimum atomic E-state index is 0.537. The van der Waals surface area contributed by atoms with Crippen LogP contribution in [0.5, 0.6) is 0 Å². The topological polar surface area (TPSA) is 3.24 Å². The van der Waals surface area contributed by atoms with E-state index in [-0.39, 0.29) is 0 Å². The van der Waals surface area contributed by atoms with E-state index in [1.165, 1.54) is 25.7 Å². The lowest BCUT2D eigenvalue weighted by atomic mass is 9.66. The first-order chi connectivity index (χ1) is 6.20. The molecule has 1 nitrogen and oxygen atoms in total. The maximum absolute atomic E-state index is 12.8. The monoisotopic (exact) mass is 185 g/mol. The van der Waals surface area contributed by atoms with Crippen molar-refractivity contribution in [1.29, 1.82) is 0 Å². The molecule has 0 unspecified atom stereocenters. The molecular weight excluding hydrogens is 165 g/mol. The van der Waals surface area contributed by atoms with Crippen LogP contribution in [0.1, 0.15) is 45.4 Å². The molecule has 1 saturated heterocycles. The highest BCUT2D eigenvalue weighted by Gasteiger charge is 2.37. The molecule has 1 saturated carbocycles. The fraction of sp³-hybridized carbons (Fsp3) is 1.00. The van der Waals surface area contributed by atoms with E-state index in [9.17, 15) is 4.48 Å². The van der Waals surface area contributed by atoms with E-state index in [4.69, 9.17) is 0 Å². The zero-order chi connectivity index (χ0) is 9.31. The molecule has 76 valence electrons. The molecule has 1 aliphatic carbocycles. The SMILES string of the molecule is CC1CCC2(CC1)CCN(F)CC2. The highest BCUT2D eigenvalue weighted by Crippen LogP contribution is 2.46. The van der Waals surface area contributed by atoms with Gasteiger partial charge in [0, 0.05) is 13.1 Å². The van der Waals surface area contributed by atoms with Gasteiger partial charge in [0.05, 0.1) is 0 Å². The molecule has 0 radical (unpaired) electrons. The number of hydrogen-bond donors (Lipinski definition) is 0. The zero-order valence-electron chi connectivity index (χ0n) is 8.56. The molecular formula is C11H20FN. The van der Waals surface area contributed by atoms with Gasteiger partial charge < -0.3 is 0 Å². The van der Waals surface area contributed by atoms with Crippen molar-refractivity contribution >= 4 is 0 Å². The van der Waals surface area contributed by atoms with Gasteiger partial charge in [-0.25, -0.2) is 0 Å². The van der Waals surface area contributed by atoms with Crippen LogP contribution < -0.4 is 0 Å². The minimum Gasteiger partial charge on any atom is -0.146 e. The van der Waals surface area contributed by atoms with Crippen molar-refractivity contribution in [2.24, 2.45) is 11.3 Å². The molecule has 0 aromatic carbocycles. The zero-order valence-corrected chi connectivity index (χ0v) is 8.56. The normalized spacial score (nSPS) is 30.9. The van der Waals surface area contributed by atoms with E-state index < -0.39 is 0 Å². The number of hydrogen-bond acceptors (Lipinski definition) is 1. The fourth-order valence-electron chi connectivity index (χ4n) is 2.83. The summed E-state index contributed by atoms with van der Waals surface area (Å²) in [6.07, 6.45) is 7.62. The Bertz CT molecular complexity index is 141. The van der Waals surface area contributed by atoms with E-state index in [0.29, 0.717) is 18.5 Å². The van der Waals surface area contributed by atoms with Gasteiger partial charge in [0.2, 0.25) is 0 Å². The predicted molar refractivity (Wildman–Crippen MR) is 52.0 cm³/mol. The largest absolute Gasteiger partial charge is 0.146 e. The average molecular weight is 185 g/mol. The molecule has 0 N–H and O–H groups in total. The van der Waals surface area contributed by atoms with Crippen LogP contribution in [0.25, 0.3) is 0 Å². The Morgan fingerprint density at radius 2 is 1.62 bits per heavy atom. The van der Waals surface area contributed by atoms with Gasteiger partial charge in [-0.3, -0.25) is 0 Å². The lowest BCUT2D eigenvalue weighted by Crippen LogP contribution is -2.38. The molecule has 13 heavy (non-hydrogen) atoms. The highest BCUT2D eigenvalue weighted by molar-refractivity contribution is 4.88. The van der Waals surface area contributed by atoms with E-state index in [1.807, 2.05) is 0 Å². The van der Waals surface area contributed by atoms with Crippen LogP contribution in [0.2, 0.25) is 0 Å². The van der Waals surface area contributed by atoms with E-state index in [0.717, 1.165) is 23.9 Å². The van der Waals surface area contributed by atoms with Gasteiger partial charge in [-0.1, -0.05) is 19.8 Å². The summed E-state index contributed by atoms with van der Waals surface area (Å²) in [5, 5.41) is 0.989. The third-order valence-corrected chi connectivity index (χ3v) is 4.10. The second-order valence-corrected chi connectivity index (χ2v) is 5.09. The maximum atomic E-state index is 12.8.